The molecule has 0 aliphatic heterocycles. The van der Waals surface area contributed by atoms with Crippen LogP contribution in [0.1, 0.15) is 39.5 Å². The van der Waals surface area contributed by atoms with Crippen LogP contribution >= 0.6 is 0 Å². The Bertz CT molecular complexity index is 996. The van der Waals surface area contributed by atoms with E-state index in [1.54, 1.807) is 19.3 Å². The highest BCUT2D eigenvalue weighted by atomic mass is 19.1. The van der Waals surface area contributed by atoms with Gasteiger partial charge in [0, 0.05) is 24.7 Å². The van der Waals surface area contributed by atoms with Crippen LogP contribution in [0, 0.1) is 5.82 Å². The second kappa shape index (κ2) is 8.82. The highest BCUT2D eigenvalue weighted by molar-refractivity contribution is 5.76. The predicted octanol–water partition coefficient (Wildman–Crippen LogP) is 4.64. The maximum absolute atomic E-state index is 13.1. The van der Waals surface area contributed by atoms with Gasteiger partial charge in [0.2, 0.25) is 5.95 Å². The molecule has 1 aromatic carbocycles. The van der Waals surface area contributed by atoms with E-state index in [4.69, 9.17) is 4.74 Å². The number of aromatic nitrogens is 3. The first-order valence-corrected chi connectivity index (χ1v) is 9.58. The van der Waals surface area contributed by atoms with E-state index >= 15 is 0 Å². The fraction of sp³-hybridized carbons (Fsp3) is 0.381. The second-order valence-corrected chi connectivity index (χ2v) is 6.82. The predicted molar refractivity (Wildman–Crippen MR) is 108 cm³/mol. The standard InChI is InChI=1S/C21H25FN4O2/c1-4-6-16(7-5-2)24-21-23-13-14-12-18(20(27)26(3)19(14)25-21)28-17-10-8-15(22)9-11-17/h8-13,16H,4-7H2,1-3H3,(H,23,24,25). The number of hydrogen-bond acceptors (Lipinski definition) is 5. The van der Waals surface area contributed by atoms with E-state index in [9.17, 15) is 9.18 Å². The van der Waals surface area contributed by atoms with Gasteiger partial charge in [0.05, 0.1) is 0 Å². The number of halogens is 1. The van der Waals surface area contributed by atoms with E-state index in [2.05, 4.69) is 29.1 Å². The summed E-state index contributed by atoms with van der Waals surface area (Å²) in [5.41, 5.74) is 0.209. The number of fused-ring (bicyclic) bond motifs is 1. The van der Waals surface area contributed by atoms with Gasteiger partial charge in [-0.25, -0.2) is 9.37 Å². The van der Waals surface area contributed by atoms with Crippen molar-refractivity contribution in [2.75, 3.05) is 5.32 Å². The van der Waals surface area contributed by atoms with Crippen LogP contribution in [-0.2, 0) is 7.05 Å². The van der Waals surface area contributed by atoms with Gasteiger partial charge in [-0.2, -0.15) is 4.98 Å². The Hall–Kier alpha value is -2.96. The van der Waals surface area contributed by atoms with E-state index in [1.807, 2.05) is 0 Å². The number of ether oxygens (including phenoxy) is 1. The molecule has 0 spiro atoms. The Morgan fingerprint density at radius 1 is 1.18 bits per heavy atom. The molecule has 0 saturated carbocycles. The number of aryl methyl sites for hydroxylation is 1. The third kappa shape index (κ3) is 4.47. The fourth-order valence-corrected chi connectivity index (χ4v) is 3.16. The van der Waals surface area contributed by atoms with Crippen molar-refractivity contribution < 1.29 is 9.13 Å². The summed E-state index contributed by atoms with van der Waals surface area (Å²) < 4.78 is 20.1. The summed E-state index contributed by atoms with van der Waals surface area (Å²) in [5.74, 6) is 0.679. The third-order valence-electron chi connectivity index (χ3n) is 4.56. The Morgan fingerprint density at radius 2 is 1.86 bits per heavy atom. The van der Waals surface area contributed by atoms with Crippen molar-refractivity contribution in [2.24, 2.45) is 7.05 Å². The van der Waals surface area contributed by atoms with Crippen LogP contribution in [0.5, 0.6) is 11.5 Å². The molecule has 2 heterocycles. The van der Waals surface area contributed by atoms with Crippen molar-refractivity contribution >= 4 is 17.0 Å². The Balaban J connectivity index is 1.91. The lowest BCUT2D eigenvalue weighted by atomic mass is 10.1. The maximum atomic E-state index is 13.1. The number of pyridine rings is 1. The van der Waals surface area contributed by atoms with Crippen LogP contribution < -0.4 is 15.6 Å². The highest BCUT2D eigenvalue weighted by Gasteiger charge is 2.13. The molecule has 2 aromatic heterocycles. The molecule has 0 bridgehead atoms. The summed E-state index contributed by atoms with van der Waals surface area (Å²) in [5, 5.41) is 4.06. The Labute approximate surface area is 163 Å². The van der Waals surface area contributed by atoms with Gasteiger partial charge in [0.1, 0.15) is 17.2 Å². The second-order valence-electron chi connectivity index (χ2n) is 6.82. The number of benzene rings is 1. The number of anilines is 1. The van der Waals surface area contributed by atoms with Crippen molar-refractivity contribution in [3.05, 3.63) is 52.7 Å². The van der Waals surface area contributed by atoms with Crippen LogP contribution in [0.2, 0.25) is 0 Å². The largest absolute Gasteiger partial charge is 0.452 e. The van der Waals surface area contributed by atoms with Crippen molar-refractivity contribution in [3.63, 3.8) is 0 Å². The summed E-state index contributed by atoms with van der Waals surface area (Å²) >= 11 is 0. The van der Waals surface area contributed by atoms with E-state index in [1.165, 1.54) is 28.8 Å². The summed E-state index contributed by atoms with van der Waals surface area (Å²) in [6, 6.07) is 7.44. The first-order chi connectivity index (χ1) is 13.5. The zero-order chi connectivity index (χ0) is 20.1. The quantitative estimate of drug-likeness (QED) is 0.613. The molecule has 148 valence electrons. The molecule has 0 amide bonds. The van der Waals surface area contributed by atoms with Crippen molar-refractivity contribution in [1.82, 2.24) is 14.5 Å². The van der Waals surface area contributed by atoms with E-state index in [0.29, 0.717) is 28.8 Å². The van der Waals surface area contributed by atoms with Gasteiger partial charge in [-0.3, -0.25) is 9.36 Å². The third-order valence-corrected chi connectivity index (χ3v) is 4.56. The molecule has 1 N–H and O–H groups in total. The van der Waals surface area contributed by atoms with E-state index in [-0.39, 0.29) is 17.1 Å². The number of nitrogens with one attached hydrogen (secondary N) is 1. The molecule has 0 unspecified atom stereocenters. The molecule has 0 saturated heterocycles. The van der Waals surface area contributed by atoms with Crippen LogP contribution in [0.15, 0.2) is 41.3 Å². The van der Waals surface area contributed by atoms with Gasteiger partial charge in [0.15, 0.2) is 5.75 Å². The van der Waals surface area contributed by atoms with E-state index < -0.39 is 0 Å². The SMILES string of the molecule is CCCC(CCC)Nc1ncc2cc(Oc3ccc(F)cc3)c(=O)n(C)c2n1. The minimum atomic E-state index is -0.364. The summed E-state index contributed by atoms with van der Waals surface area (Å²) in [6.45, 7) is 4.30. The average molecular weight is 384 g/mol. The average Bonchev–Trinajstić information content (AvgIpc) is 2.68. The van der Waals surface area contributed by atoms with Crippen LogP contribution in [0.25, 0.3) is 11.0 Å². The minimum absolute atomic E-state index is 0.140. The van der Waals surface area contributed by atoms with Gasteiger partial charge in [-0.1, -0.05) is 26.7 Å². The first kappa shape index (κ1) is 19.8. The monoisotopic (exact) mass is 384 g/mol. The van der Waals surface area contributed by atoms with Crippen molar-refractivity contribution in [2.45, 2.75) is 45.6 Å². The lowest BCUT2D eigenvalue weighted by Crippen LogP contribution is -2.22. The lowest BCUT2D eigenvalue weighted by Gasteiger charge is -2.17. The van der Waals surface area contributed by atoms with Gasteiger partial charge in [-0.15, -0.1) is 0 Å². The summed E-state index contributed by atoms with van der Waals surface area (Å²) in [7, 11) is 1.65. The van der Waals surface area contributed by atoms with Gasteiger partial charge in [-0.05, 0) is 43.2 Å². The number of hydrogen-bond donors (Lipinski definition) is 1. The smallest absolute Gasteiger partial charge is 0.294 e. The molecule has 0 atom stereocenters. The molecule has 3 rings (SSSR count). The van der Waals surface area contributed by atoms with Gasteiger partial charge < -0.3 is 10.1 Å². The molecule has 0 aliphatic carbocycles. The highest BCUT2D eigenvalue weighted by Crippen LogP contribution is 2.22. The van der Waals surface area contributed by atoms with Crippen molar-refractivity contribution in [1.29, 1.82) is 0 Å². The van der Waals surface area contributed by atoms with Crippen molar-refractivity contribution in [3.8, 4) is 11.5 Å². The normalized spacial score (nSPS) is 11.2. The zero-order valence-electron chi connectivity index (χ0n) is 16.4. The molecular formula is C21H25FN4O2. The molecule has 3 aromatic rings. The number of rotatable bonds is 8. The molecule has 7 heteroatoms. The Morgan fingerprint density at radius 3 is 2.50 bits per heavy atom. The zero-order valence-corrected chi connectivity index (χ0v) is 16.4. The minimum Gasteiger partial charge on any atom is -0.452 e. The van der Waals surface area contributed by atoms with Crippen LogP contribution in [-0.4, -0.2) is 20.6 Å². The summed E-state index contributed by atoms with van der Waals surface area (Å²) in [6.07, 6.45) is 5.91. The molecule has 0 radical (unpaired) electrons. The fourth-order valence-electron chi connectivity index (χ4n) is 3.16. The topological polar surface area (TPSA) is 69.0 Å². The molecular weight excluding hydrogens is 359 g/mol. The van der Waals surface area contributed by atoms with Gasteiger partial charge in [0.25, 0.3) is 5.56 Å². The summed E-state index contributed by atoms with van der Waals surface area (Å²) in [4.78, 5) is 21.6. The Kier molecular flexibility index (Phi) is 6.23. The molecule has 6 nitrogen and oxygen atoms in total. The molecule has 0 aliphatic rings. The number of nitrogens with zero attached hydrogens (tertiary/aromatic N) is 3. The molecule has 0 fully saturated rings. The molecule has 28 heavy (non-hydrogen) atoms. The first-order valence-electron chi connectivity index (χ1n) is 9.58. The lowest BCUT2D eigenvalue weighted by molar-refractivity contribution is 0.470. The van der Waals surface area contributed by atoms with E-state index in [0.717, 1.165) is 25.7 Å². The van der Waals surface area contributed by atoms with Crippen LogP contribution in [0.3, 0.4) is 0 Å². The van der Waals surface area contributed by atoms with Gasteiger partial charge >= 0.3 is 0 Å². The van der Waals surface area contributed by atoms with Crippen LogP contribution in [0.4, 0.5) is 10.3 Å². The maximum Gasteiger partial charge on any atom is 0.294 e.